The van der Waals surface area contributed by atoms with Gasteiger partial charge >= 0.3 is 0 Å². The van der Waals surface area contributed by atoms with Crippen LogP contribution in [0.3, 0.4) is 0 Å². The highest BCUT2D eigenvalue weighted by Crippen LogP contribution is 2.49. The van der Waals surface area contributed by atoms with Crippen LogP contribution in [0, 0.1) is 0 Å². The first kappa shape index (κ1) is 31.5. The van der Waals surface area contributed by atoms with E-state index >= 15 is 0 Å². The predicted octanol–water partition coefficient (Wildman–Crippen LogP) is 12.8. The zero-order valence-corrected chi connectivity index (χ0v) is 30.6. The van der Waals surface area contributed by atoms with Crippen molar-refractivity contribution in [1.82, 2.24) is 19.1 Å². The van der Waals surface area contributed by atoms with E-state index in [0.29, 0.717) is 0 Å². The molecule has 55 heavy (non-hydrogen) atoms. The van der Waals surface area contributed by atoms with E-state index in [4.69, 9.17) is 9.97 Å². The Morgan fingerprint density at radius 1 is 0.436 bits per heavy atom. The molecular formula is C51H36N4. The number of nitrogens with zero attached hydrogens (tertiary/aromatic N) is 4. The highest BCUT2D eigenvalue weighted by molar-refractivity contribution is 6.09. The monoisotopic (exact) mass is 704 g/mol. The fourth-order valence-corrected chi connectivity index (χ4v) is 8.93. The zero-order chi connectivity index (χ0) is 36.7. The van der Waals surface area contributed by atoms with Crippen LogP contribution < -0.4 is 0 Å². The molecule has 0 amide bonds. The van der Waals surface area contributed by atoms with E-state index in [1.807, 2.05) is 12.3 Å². The van der Waals surface area contributed by atoms with Crippen LogP contribution in [0.25, 0.3) is 89.1 Å². The number of para-hydroxylation sites is 3. The standard InChI is InChI=1S/C51H36N4/c1-51(2)44-20-9-6-17-40(44)41-28-27-35(32-45(41)51)33-23-25-34(26-24-33)49-53-48-39(29-30-52-50(48)55(49)37-14-4-3-5-15-37)36-13-12-16-38(31-36)54-46-21-10-7-18-42(46)43-19-8-11-22-47(43)54/h3-32H,1-2H3. The fourth-order valence-electron chi connectivity index (χ4n) is 8.93. The number of imidazole rings is 1. The van der Waals surface area contributed by atoms with Gasteiger partial charge in [0.2, 0.25) is 0 Å². The van der Waals surface area contributed by atoms with E-state index in [2.05, 4.69) is 193 Å². The minimum atomic E-state index is -0.0455. The summed E-state index contributed by atoms with van der Waals surface area (Å²) in [5.41, 5.74) is 17.2. The number of hydrogen-bond acceptors (Lipinski definition) is 2. The maximum Gasteiger partial charge on any atom is 0.165 e. The smallest absolute Gasteiger partial charge is 0.165 e. The van der Waals surface area contributed by atoms with Gasteiger partial charge < -0.3 is 4.57 Å². The topological polar surface area (TPSA) is 35.6 Å². The maximum atomic E-state index is 5.41. The summed E-state index contributed by atoms with van der Waals surface area (Å²) in [5.74, 6) is 0.858. The Kier molecular flexibility index (Phi) is 6.86. The second-order valence-electron chi connectivity index (χ2n) is 15.1. The van der Waals surface area contributed by atoms with Crippen LogP contribution in [-0.4, -0.2) is 19.1 Å². The zero-order valence-electron chi connectivity index (χ0n) is 30.6. The SMILES string of the molecule is CC1(C)c2ccccc2-c2ccc(-c3ccc(-c4nc5c(-c6cccc(-n7c8ccccc8c8ccccc87)c6)ccnc5n4-c4ccccc4)cc3)cc21. The molecule has 0 fully saturated rings. The number of pyridine rings is 1. The van der Waals surface area contributed by atoms with E-state index in [0.717, 1.165) is 45.1 Å². The molecule has 0 aliphatic heterocycles. The Hall–Kier alpha value is -7.04. The summed E-state index contributed by atoms with van der Waals surface area (Å²) in [4.78, 5) is 10.4. The maximum absolute atomic E-state index is 5.41. The average Bonchev–Trinajstić information content (AvgIpc) is 3.87. The van der Waals surface area contributed by atoms with Crippen molar-refractivity contribution in [2.45, 2.75) is 19.3 Å². The van der Waals surface area contributed by atoms with Gasteiger partial charge in [-0.15, -0.1) is 0 Å². The van der Waals surface area contributed by atoms with Crippen LogP contribution in [0.5, 0.6) is 0 Å². The van der Waals surface area contributed by atoms with E-state index in [1.165, 1.54) is 55.2 Å². The second-order valence-corrected chi connectivity index (χ2v) is 15.1. The highest BCUT2D eigenvalue weighted by atomic mass is 15.1. The summed E-state index contributed by atoms with van der Waals surface area (Å²) in [6.45, 7) is 4.67. The van der Waals surface area contributed by atoms with Crippen molar-refractivity contribution in [3.05, 3.63) is 193 Å². The molecule has 1 aliphatic rings. The summed E-state index contributed by atoms with van der Waals surface area (Å²) in [7, 11) is 0. The van der Waals surface area contributed by atoms with Crippen LogP contribution in [0.15, 0.2) is 182 Å². The number of rotatable bonds is 5. The summed E-state index contributed by atoms with van der Waals surface area (Å²) in [5, 5.41) is 2.50. The molecule has 0 saturated carbocycles. The first-order chi connectivity index (χ1) is 27.0. The van der Waals surface area contributed by atoms with Gasteiger partial charge in [-0.2, -0.15) is 0 Å². The van der Waals surface area contributed by atoms with Crippen LogP contribution in [0.2, 0.25) is 0 Å². The lowest BCUT2D eigenvalue weighted by Crippen LogP contribution is -2.14. The average molecular weight is 705 g/mol. The van der Waals surface area contributed by atoms with Crippen molar-refractivity contribution in [3.8, 4) is 56.1 Å². The fraction of sp³-hybridized carbons (Fsp3) is 0.0588. The van der Waals surface area contributed by atoms with E-state index in [-0.39, 0.29) is 5.41 Å². The van der Waals surface area contributed by atoms with Gasteiger partial charge in [0.25, 0.3) is 0 Å². The molecule has 7 aromatic carbocycles. The molecule has 10 aromatic rings. The van der Waals surface area contributed by atoms with Gasteiger partial charge in [0, 0.05) is 44.9 Å². The minimum Gasteiger partial charge on any atom is -0.309 e. The Balaban J connectivity index is 1.03. The first-order valence-corrected chi connectivity index (χ1v) is 18.9. The van der Waals surface area contributed by atoms with Crippen molar-refractivity contribution in [2.24, 2.45) is 0 Å². The van der Waals surface area contributed by atoms with Crippen molar-refractivity contribution in [3.63, 3.8) is 0 Å². The molecule has 0 saturated heterocycles. The van der Waals surface area contributed by atoms with E-state index < -0.39 is 0 Å². The molecule has 260 valence electrons. The van der Waals surface area contributed by atoms with Gasteiger partial charge in [-0.05, 0) is 87.5 Å². The summed E-state index contributed by atoms with van der Waals surface area (Å²) in [6, 6.07) is 63.2. The lowest BCUT2D eigenvalue weighted by Gasteiger charge is -2.22. The number of aromatic nitrogens is 4. The molecule has 3 aromatic heterocycles. The molecule has 0 atom stereocenters. The third-order valence-corrected chi connectivity index (χ3v) is 11.6. The van der Waals surface area contributed by atoms with Gasteiger partial charge in [0.05, 0.1) is 11.0 Å². The molecule has 1 aliphatic carbocycles. The van der Waals surface area contributed by atoms with Gasteiger partial charge in [-0.3, -0.25) is 4.57 Å². The predicted molar refractivity (Wildman–Crippen MR) is 227 cm³/mol. The lowest BCUT2D eigenvalue weighted by molar-refractivity contribution is 0.660. The van der Waals surface area contributed by atoms with Gasteiger partial charge in [-0.25, -0.2) is 9.97 Å². The molecule has 11 rings (SSSR count). The Bertz CT molecular complexity index is 3060. The van der Waals surface area contributed by atoms with Crippen LogP contribution in [-0.2, 0) is 5.41 Å². The van der Waals surface area contributed by atoms with Crippen LogP contribution in [0.1, 0.15) is 25.0 Å². The van der Waals surface area contributed by atoms with Gasteiger partial charge in [-0.1, -0.05) is 141 Å². The Morgan fingerprint density at radius 3 is 1.85 bits per heavy atom. The highest BCUT2D eigenvalue weighted by Gasteiger charge is 2.35. The van der Waals surface area contributed by atoms with E-state index in [1.54, 1.807) is 0 Å². The van der Waals surface area contributed by atoms with Crippen LogP contribution >= 0.6 is 0 Å². The van der Waals surface area contributed by atoms with Gasteiger partial charge in [0.1, 0.15) is 11.3 Å². The number of benzene rings is 7. The molecule has 0 spiro atoms. The van der Waals surface area contributed by atoms with Crippen molar-refractivity contribution in [1.29, 1.82) is 0 Å². The third-order valence-electron chi connectivity index (χ3n) is 11.6. The molecule has 3 heterocycles. The minimum absolute atomic E-state index is 0.0455. The molecule has 0 unspecified atom stereocenters. The molecular weight excluding hydrogens is 669 g/mol. The summed E-state index contributed by atoms with van der Waals surface area (Å²) >= 11 is 0. The molecule has 4 nitrogen and oxygen atoms in total. The third kappa shape index (κ3) is 4.78. The number of hydrogen-bond donors (Lipinski definition) is 0. The molecule has 0 bridgehead atoms. The number of fused-ring (bicyclic) bond motifs is 7. The largest absolute Gasteiger partial charge is 0.309 e. The quantitative estimate of drug-likeness (QED) is 0.179. The van der Waals surface area contributed by atoms with Crippen molar-refractivity contribution >= 4 is 33.0 Å². The second kappa shape index (κ2) is 12.0. The summed E-state index contributed by atoms with van der Waals surface area (Å²) in [6.07, 6.45) is 1.91. The van der Waals surface area contributed by atoms with Crippen molar-refractivity contribution < 1.29 is 0 Å². The first-order valence-electron chi connectivity index (χ1n) is 18.9. The van der Waals surface area contributed by atoms with Gasteiger partial charge in [0.15, 0.2) is 5.65 Å². The van der Waals surface area contributed by atoms with Crippen molar-refractivity contribution in [2.75, 3.05) is 0 Å². The van der Waals surface area contributed by atoms with E-state index in [9.17, 15) is 0 Å². The summed E-state index contributed by atoms with van der Waals surface area (Å²) < 4.78 is 4.56. The molecule has 0 radical (unpaired) electrons. The Labute approximate surface area is 319 Å². The Morgan fingerprint density at radius 2 is 1.07 bits per heavy atom. The van der Waals surface area contributed by atoms with Crippen LogP contribution in [0.4, 0.5) is 0 Å². The lowest BCUT2D eigenvalue weighted by atomic mass is 9.81. The molecule has 4 heteroatoms. The normalized spacial score (nSPS) is 13.1. The molecule has 0 N–H and O–H groups in total.